The van der Waals surface area contributed by atoms with Crippen LogP contribution >= 0.6 is 0 Å². The zero-order chi connectivity index (χ0) is 14.4. The van der Waals surface area contributed by atoms with Crippen LogP contribution in [0.1, 0.15) is 6.42 Å². The van der Waals surface area contributed by atoms with Crippen molar-refractivity contribution in [2.24, 2.45) is 0 Å². The Morgan fingerprint density at radius 2 is 2.05 bits per heavy atom. The second-order valence-electron chi connectivity index (χ2n) is 4.27. The fraction of sp³-hybridized carbons (Fsp3) is 0.778. The lowest BCUT2D eigenvalue weighted by Crippen LogP contribution is -2.62. The third-order valence-corrected chi connectivity index (χ3v) is 2.98. The molecule has 0 aromatic heterocycles. The Morgan fingerprint density at radius 1 is 1.42 bits per heavy atom. The summed E-state index contributed by atoms with van der Waals surface area (Å²) < 4.78 is 32.2. The van der Waals surface area contributed by atoms with E-state index >= 15 is 0 Å². The first-order chi connectivity index (χ1) is 8.78. The number of hydrogen-bond donors (Lipinski definition) is 4. The highest BCUT2D eigenvalue weighted by molar-refractivity contribution is 5.97. The number of carbonyl (C=O) groups is 2. The molecule has 4 N–H and O–H groups in total. The number of nitrogens with one attached hydrogen (secondary N) is 1. The van der Waals surface area contributed by atoms with E-state index in [9.17, 15) is 28.6 Å². The molecule has 8 nitrogen and oxygen atoms in total. The lowest BCUT2D eigenvalue weighted by molar-refractivity contribution is -0.190. The third-order valence-electron chi connectivity index (χ3n) is 2.98. The van der Waals surface area contributed by atoms with Gasteiger partial charge in [-0.2, -0.15) is 8.78 Å². The van der Waals surface area contributed by atoms with E-state index < -0.39 is 55.6 Å². The summed E-state index contributed by atoms with van der Waals surface area (Å²) in [5.74, 6) is -4.69. The van der Waals surface area contributed by atoms with Crippen molar-refractivity contribution in [2.75, 3.05) is 6.61 Å². The third kappa shape index (κ3) is 2.16. The lowest BCUT2D eigenvalue weighted by Gasteiger charge is -2.37. The Morgan fingerprint density at radius 3 is 2.53 bits per heavy atom. The van der Waals surface area contributed by atoms with Crippen LogP contribution in [0.2, 0.25) is 0 Å². The highest BCUT2D eigenvalue weighted by Gasteiger charge is 2.62. The van der Waals surface area contributed by atoms with Gasteiger partial charge in [0.2, 0.25) is 12.1 Å². The monoisotopic (exact) mass is 282 g/mol. The van der Waals surface area contributed by atoms with E-state index in [-0.39, 0.29) is 4.90 Å². The van der Waals surface area contributed by atoms with E-state index in [2.05, 4.69) is 0 Å². The number of amides is 3. The minimum Gasteiger partial charge on any atom is -0.394 e. The predicted octanol–water partition coefficient (Wildman–Crippen LogP) is -2.04. The number of hydrogen-bond acceptors (Lipinski definition) is 6. The Balaban J connectivity index is 2.26. The molecule has 2 aliphatic rings. The van der Waals surface area contributed by atoms with Crippen LogP contribution in [-0.4, -0.2) is 69.4 Å². The molecular weight excluding hydrogens is 270 g/mol. The number of halogens is 2. The second kappa shape index (κ2) is 4.63. The first kappa shape index (κ1) is 14.1. The molecule has 3 amide bonds. The summed E-state index contributed by atoms with van der Waals surface area (Å²) in [4.78, 5) is 22.7. The van der Waals surface area contributed by atoms with Crippen molar-refractivity contribution >= 4 is 11.9 Å². The van der Waals surface area contributed by atoms with Gasteiger partial charge in [0.25, 0.3) is 0 Å². The zero-order valence-electron chi connectivity index (χ0n) is 9.49. The summed E-state index contributed by atoms with van der Waals surface area (Å²) in [5, 5.41) is 29.4. The standard InChI is InChI=1S/C9H12F2N2O6/c10-9(11)6(17)3(2-14)19-7(9)13-5(16)1-4(15)12-8(13)18/h3,5-7,14,16-17H,1-2H2,(H,12,15,18)/t3-,5+,6-,7-/m1/s1. The predicted molar refractivity (Wildman–Crippen MR) is 52.7 cm³/mol. The maximum absolute atomic E-state index is 13.8. The Hall–Kier alpha value is -1.36. The highest BCUT2D eigenvalue weighted by Crippen LogP contribution is 2.39. The first-order valence-electron chi connectivity index (χ1n) is 5.41. The van der Waals surface area contributed by atoms with Gasteiger partial charge < -0.3 is 20.1 Å². The van der Waals surface area contributed by atoms with Crippen LogP contribution in [-0.2, 0) is 9.53 Å². The summed E-state index contributed by atoms with van der Waals surface area (Å²) in [6.45, 7) is -0.877. The van der Waals surface area contributed by atoms with Gasteiger partial charge in [-0.1, -0.05) is 0 Å². The Bertz CT molecular complexity index is 406. The average molecular weight is 282 g/mol. The van der Waals surface area contributed by atoms with Crippen LogP contribution in [0.25, 0.3) is 0 Å². The zero-order valence-corrected chi connectivity index (χ0v) is 9.49. The fourth-order valence-electron chi connectivity index (χ4n) is 2.02. The van der Waals surface area contributed by atoms with Crippen molar-refractivity contribution in [3.05, 3.63) is 0 Å². The molecule has 108 valence electrons. The molecule has 0 unspecified atom stereocenters. The van der Waals surface area contributed by atoms with Gasteiger partial charge in [-0.25, -0.2) is 4.79 Å². The maximum Gasteiger partial charge on any atom is 0.328 e. The minimum absolute atomic E-state index is 0.236. The fourth-order valence-corrected chi connectivity index (χ4v) is 2.02. The molecule has 2 fully saturated rings. The molecule has 19 heavy (non-hydrogen) atoms. The molecule has 10 heteroatoms. The smallest absolute Gasteiger partial charge is 0.328 e. The molecule has 0 bridgehead atoms. The van der Waals surface area contributed by atoms with Crippen LogP contribution in [0.5, 0.6) is 0 Å². The number of rotatable bonds is 2. The van der Waals surface area contributed by atoms with E-state index in [0.29, 0.717) is 0 Å². The molecule has 0 aromatic rings. The summed E-state index contributed by atoms with van der Waals surface area (Å²) in [5.41, 5.74) is 0. The van der Waals surface area contributed by atoms with E-state index in [1.807, 2.05) is 0 Å². The highest BCUT2D eigenvalue weighted by atomic mass is 19.3. The number of aliphatic hydroxyl groups excluding tert-OH is 3. The minimum atomic E-state index is -3.88. The number of carbonyl (C=O) groups excluding carboxylic acids is 2. The molecule has 2 aliphatic heterocycles. The average Bonchev–Trinajstić information content (AvgIpc) is 2.51. The molecule has 0 aliphatic carbocycles. The van der Waals surface area contributed by atoms with Gasteiger partial charge in [0.1, 0.15) is 12.3 Å². The number of nitrogens with zero attached hydrogens (tertiary/aromatic N) is 1. The van der Waals surface area contributed by atoms with Crippen molar-refractivity contribution < 1.29 is 38.4 Å². The quantitative estimate of drug-likeness (QED) is 0.463. The van der Waals surface area contributed by atoms with Crippen LogP contribution in [0.4, 0.5) is 13.6 Å². The molecule has 4 atom stereocenters. The Labute approximate surface area is 105 Å². The van der Waals surface area contributed by atoms with E-state index in [1.54, 1.807) is 5.32 Å². The van der Waals surface area contributed by atoms with Gasteiger partial charge in [0.05, 0.1) is 13.0 Å². The van der Waals surface area contributed by atoms with E-state index in [0.717, 1.165) is 0 Å². The number of ether oxygens (including phenoxy) is 1. The van der Waals surface area contributed by atoms with Crippen LogP contribution < -0.4 is 5.32 Å². The van der Waals surface area contributed by atoms with Crippen molar-refractivity contribution in [3.63, 3.8) is 0 Å². The lowest BCUT2D eigenvalue weighted by atomic mass is 10.1. The Kier molecular flexibility index (Phi) is 3.43. The molecule has 0 saturated carbocycles. The van der Waals surface area contributed by atoms with E-state index in [1.165, 1.54) is 0 Å². The summed E-state index contributed by atoms with van der Waals surface area (Å²) in [6, 6.07) is -1.25. The number of imide groups is 1. The van der Waals surface area contributed by atoms with Gasteiger partial charge in [-0.15, -0.1) is 0 Å². The van der Waals surface area contributed by atoms with Crippen molar-refractivity contribution in [3.8, 4) is 0 Å². The van der Waals surface area contributed by atoms with Crippen molar-refractivity contribution in [2.45, 2.75) is 37.0 Å². The van der Waals surface area contributed by atoms with Gasteiger partial charge in [-0.05, 0) is 0 Å². The molecule has 2 rings (SSSR count). The number of urea groups is 1. The van der Waals surface area contributed by atoms with Gasteiger partial charge in [-0.3, -0.25) is 15.0 Å². The summed E-state index contributed by atoms with van der Waals surface area (Å²) in [6.07, 6.45) is -8.54. The normalized spacial score (nSPS) is 38.5. The van der Waals surface area contributed by atoms with Gasteiger partial charge >= 0.3 is 12.0 Å². The maximum atomic E-state index is 13.8. The molecular formula is C9H12F2N2O6. The SMILES string of the molecule is O=C1C[C@H](O)N([C@@H]2O[C@H](CO)[C@@H](O)C2(F)F)C(=O)N1. The summed E-state index contributed by atoms with van der Waals surface area (Å²) >= 11 is 0. The van der Waals surface area contributed by atoms with Crippen LogP contribution in [0.15, 0.2) is 0 Å². The first-order valence-corrected chi connectivity index (χ1v) is 5.41. The molecule has 0 aromatic carbocycles. The van der Waals surface area contributed by atoms with Crippen LogP contribution in [0, 0.1) is 0 Å². The van der Waals surface area contributed by atoms with Crippen molar-refractivity contribution in [1.82, 2.24) is 10.2 Å². The molecule has 2 heterocycles. The van der Waals surface area contributed by atoms with Gasteiger partial charge in [0.15, 0.2) is 6.10 Å². The van der Waals surface area contributed by atoms with Crippen molar-refractivity contribution in [1.29, 1.82) is 0 Å². The second-order valence-corrected chi connectivity index (χ2v) is 4.27. The topological polar surface area (TPSA) is 119 Å². The van der Waals surface area contributed by atoms with Gasteiger partial charge in [0, 0.05) is 0 Å². The number of aliphatic hydroxyl groups is 3. The number of alkyl halides is 2. The van der Waals surface area contributed by atoms with Crippen LogP contribution in [0.3, 0.4) is 0 Å². The molecule has 0 radical (unpaired) electrons. The molecule has 2 saturated heterocycles. The largest absolute Gasteiger partial charge is 0.394 e. The van der Waals surface area contributed by atoms with E-state index in [4.69, 9.17) is 9.84 Å². The summed E-state index contributed by atoms with van der Waals surface area (Å²) in [7, 11) is 0. The molecule has 0 spiro atoms.